The van der Waals surface area contributed by atoms with Crippen LogP contribution < -0.4 is 0 Å². The van der Waals surface area contributed by atoms with Crippen molar-refractivity contribution in [3.8, 4) is 0 Å². The number of ether oxygens (including phenoxy) is 1. The summed E-state index contributed by atoms with van der Waals surface area (Å²) in [5.41, 5.74) is -0.363. The van der Waals surface area contributed by atoms with Crippen molar-refractivity contribution in [1.29, 1.82) is 0 Å². The van der Waals surface area contributed by atoms with E-state index in [1.165, 1.54) is 0 Å². The second-order valence-corrected chi connectivity index (χ2v) is 5.27. The maximum absolute atomic E-state index is 12.0. The Hall–Kier alpha value is 0.230. The van der Waals surface area contributed by atoms with Crippen LogP contribution in [0.2, 0.25) is 0 Å². The van der Waals surface area contributed by atoms with E-state index >= 15 is 0 Å². The van der Waals surface area contributed by atoms with Crippen molar-refractivity contribution in [3.63, 3.8) is 0 Å². The molecule has 0 amide bonds. The van der Waals surface area contributed by atoms with E-state index in [-0.39, 0.29) is 12.2 Å². The van der Waals surface area contributed by atoms with Crippen molar-refractivity contribution in [2.75, 3.05) is 11.9 Å². The van der Waals surface area contributed by atoms with E-state index < -0.39 is 12.6 Å². The topological polar surface area (TPSA) is 9.23 Å². The molecule has 5 heteroatoms. The monoisotopic (exact) mass is 302 g/mol. The Morgan fingerprint density at radius 3 is 2.31 bits per heavy atom. The zero-order valence-corrected chi connectivity index (χ0v) is 11.0. The molecule has 0 atom stereocenters. The fourth-order valence-electron chi connectivity index (χ4n) is 1.99. The lowest BCUT2D eigenvalue weighted by molar-refractivity contribution is -0.160. The van der Waals surface area contributed by atoms with Gasteiger partial charge >= 0.3 is 6.18 Å². The van der Waals surface area contributed by atoms with Crippen molar-refractivity contribution in [3.05, 3.63) is 0 Å². The molecule has 1 rings (SSSR count). The van der Waals surface area contributed by atoms with Gasteiger partial charge in [-0.05, 0) is 31.6 Å². The molecule has 0 aromatic heterocycles. The minimum atomic E-state index is -4.12. The van der Waals surface area contributed by atoms with Gasteiger partial charge in [0.25, 0.3) is 0 Å². The van der Waals surface area contributed by atoms with Gasteiger partial charge in [-0.15, -0.1) is 0 Å². The molecule has 0 aromatic rings. The molecule has 0 aliphatic heterocycles. The van der Waals surface area contributed by atoms with E-state index in [0.29, 0.717) is 11.2 Å². The number of rotatable bonds is 4. The molecule has 0 saturated heterocycles. The van der Waals surface area contributed by atoms with Gasteiger partial charge in [0.2, 0.25) is 0 Å². The summed E-state index contributed by atoms with van der Waals surface area (Å²) < 4.78 is 41.5. The highest BCUT2D eigenvalue weighted by Gasteiger charge is 2.35. The van der Waals surface area contributed by atoms with Gasteiger partial charge in [0, 0.05) is 5.33 Å². The van der Waals surface area contributed by atoms with Gasteiger partial charge in [-0.1, -0.05) is 22.9 Å². The third-order valence-corrected chi connectivity index (χ3v) is 4.24. The summed E-state index contributed by atoms with van der Waals surface area (Å²) in [4.78, 5) is 0. The normalized spacial score (nSPS) is 31.7. The molecule has 1 aliphatic carbocycles. The lowest BCUT2D eigenvalue weighted by atomic mass is 9.80. The summed E-state index contributed by atoms with van der Waals surface area (Å²) in [6, 6.07) is 0. The zero-order valence-electron chi connectivity index (χ0n) is 9.45. The Bertz CT molecular complexity index is 210. The van der Waals surface area contributed by atoms with E-state index in [4.69, 9.17) is 4.74 Å². The molecule has 0 aromatic carbocycles. The van der Waals surface area contributed by atoms with Crippen LogP contribution in [0.1, 0.15) is 39.0 Å². The van der Waals surface area contributed by atoms with Gasteiger partial charge in [0.05, 0.1) is 18.6 Å². The molecule has 1 aliphatic rings. The number of hydrogen-bond acceptors (Lipinski definition) is 1. The summed E-state index contributed by atoms with van der Waals surface area (Å²) in [6.07, 6.45) is -1.17. The maximum atomic E-state index is 12.0. The summed E-state index contributed by atoms with van der Waals surface area (Å²) in [6.45, 7) is 1.96. The van der Waals surface area contributed by atoms with Crippen LogP contribution >= 0.6 is 15.9 Å². The van der Waals surface area contributed by atoms with Gasteiger partial charge in [-0.3, -0.25) is 0 Å². The van der Waals surface area contributed by atoms with E-state index in [1.807, 2.05) is 0 Å². The minimum Gasteiger partial charge on any atom is -0.374 e. The van der Waals surface area contributed by atoms with E-state index in [1.54, 1.807) is 0 Å². The fraction of sp³-hybridized carbons (Fsp3) is 1.00. The van der Waals surface area contributed by atoms with Crippen LogP contribution in [0, 0.1) is 5.92 Å². The molecule has 1 saturated carbocycles. The third-order valence-electron chi connectivity index (χ3n) is 3.22. The number of halogens is 4. The summed E-state index contributed by atoms with van der Waals surface area (Å²) >= 11 is 3.36. The minimum absolute atomic E-state index is 0.219. The summed E-state index contributed by atoms with van der Waals surface area (Å²) in [5, 5.41) is 0.630. The van der Waals surface area contributed by atoms with Crippen LogP contribution in [0.5, 0.6) is 0 Å². The molecule has 0 radical (unpaired) electrons. The Balaban J connectivity index is 2.36. The van der Waals surface area contributed by atoms with Gasteiger partial charge in [-0.2, -0.15) is 13.2 Å². The molecule has 0 heterocycles. The Labute approximate surface area is 103 Å². The van der Waals surface area contributed by atoms with Crippen LogP contribution in [0.25, 0.3) is 0 Å². The van der Waals surface area contributed by atoms with Gasteiger partial charge in [-0.25, -0.2) is 0 Å². The van der Waals surface area contributed by atoms with Crippen LogP contribution in [-0.2, 0) is 4.74 Å². The molecule has 0 N–H and O–H groups in total. The predicted octanol–water partition coefficient (Wildman–Crippen LogP) is 4.30. The highest BCUT2D eigenvalue weighted by molar-refractivity contribution is 9.09. The largest absolute Gasteiger partial charge is 0.391 e. The van der Waals surface area contributed by atoms with Crippen molar-refractivity contribution >= 4 is 15.9 Å². The fourth-order valence-corrected chi connectivity index (χ4v) is 2.71. The highest BCUT2D eigenvalue weighted by Crippen LogP contribution is 2.36. The zero-order chi connectivity index (χ0) is 12.2. The lowest BCUT2D eigenvalue weighted by Gasteiger charge is -2.38. The van der Waals surface area contributed by atoms with Crippen LogP contribution in [0.3, 0.4) is 0 Å². The molecular weight excluding hydrogens is 285 g/mol. The molecular formula is C11H18BrF3O. The number of hydrogen-bond donors (Lipinski definition) is 0. The van der Waals surface area contributed by atoms with Gasteiger partial charge in [0.15, 0.2) is 0 Å². The third kappa shape index (κ3) is 4.62. The van der Waals surface area contributed by atoms with E-state index in [2.05, 4.69) is 22.9 Å². The van der Waals surface area contributed by atoms with E-state index in [9.17, 15) is 13.2 Å². The molecule has 1 fully saturated rings. The average molecular weight is 303 g/mol. The maximum Gasteiger partial charge on any atom is 0.391 e. The molecule has 0 bridgehead atoms. The first-order valence-electron chi connectivity index (χ1n) is 5.64. The molecule has 0 spiro atoms. The number of alkyl halides is 4. The first-order chi connectivity index (χ1) is 7.37. The van der Waals surface area contributed by atoms with Crippen LogP contribution in [-0.4, -0.2) is 23.7 Å². The standard InChI is InChI=1S/C11H18BrF3O/c1-9-2-4-10(8-12,5-3-9)16-7-6-11(13,14)15/h9H,2-8H2,1H3. The highest BCUT2D eigenvalue weighted by atomic mass is 79.9. The average Bonchev–Trinajstić information content (AvgIpc) is 2.20. The first kappa shape index (κ1) is 14.3. The SMILES string of the molecule is CC1CCC(CBr)(OCCC(F)(F)F)CC1. The quantitative estimate of drug-likeness (QED) is 0.704. The van der Waals surface area contributed by atoms with Crippen molar-refractivity contribution in [1.82, 2.24) is 0 Å². The Kier molecular flexibility index (Phi) is 5.10. The molecule has 1 nitrogen and oxygen atoms in total. The van der Waals surface area contributed by atoms with Crippen molar-refractivity contribution in [2.45, 2.75) is 50.8 Å². The molecule has 16 heavy (non-hydrogen) atoms. The van der Waals surface area contributed by atoms with Crippen LogP contribution in [0.15, 0.2) is 0 Å². The van der Waals surface area contributed by atoms with Gasteiger partial charge < -0.3 is 4.74 Å². The lowest BCUT2D eigenvalue weighted by Crippen LogP contribution is -2.39. The molecule has 0 unspecified atom stereocenters. The van der Waals surface area contributed by atoms with Crippen molar-refractivity contribution in [2.24, 2.45) is 5.92 Å². The summed E-state index contributed by atoms with van der Waals surface area (Å²) in [7, 11) is 0. The Morgan fingerprint density at radius 1 is 1.31 bits per heavy atom. The van der Waals surface area contributed by atoms with Gasteiger partial charge in [0.1, 0.15) is 0 Å². The smallest absolute Gasteiger partial charge is 0.374 e. The van der Waals surface area contributed by atoms with E-state index in [0.717, 1.165) is 25.7 Å². The predicted molar refractivity (Wildman–Crippen MR) is 60.8 cm³/mol. The van der Waals surface area contributed by atoms with Crippen molar-refractivity contribution < 1.29 is 17.9 Å². The van der Waals surface area contributed by atoms with Crippen LogP contribution in [0.4, 0.5) is 13.2 Å². The first-order valence-corrected chi connectivity index (χ1v) is 6.76. The summed E-state index contributed by atoms with van der Waals surface area (Å²) in [5.74, 6) is 0.665. The second kappa shape index (κ2) is 5.71. The molecule has 96 valence electrons. The second-order valence-electron chi connectivity index (χ2n) is 4.71. The Morgan fingerprint density at radius 2 is 1.88 bits per heavy atom.